The first-order chi connectivity index (χ1) is 12.0. The molecule has 2 aromatic rings. The first-order valence-corrected chi connectivity index (χ1v) is 10.2. The molecule has 4 nitrogen and oxygen atoms in total. The van der Waals surface area contributed by atoms with E-state index in [0.717, 1.165) is 24.2 Å². The zero-order valence-corrected chi connectivity index (χ0v) is 15.1. The van der Waals surface area contributed by atoms with Crippen LogP contribution in [0.3, 0.4) is 0 Å². The SMILES string of the molecule is Cc1ccc(S(=O)(=O)OCC2Cc3cc4c(cc3O2)CCCC4)cc1. The Hall–Kier alpha value is -1.85. The maximum Gasteiger partial charge on any atom is 0.297 e. The van der Waals surface area contributed by atoms with Crippen LogP contribution in [0.2, 0.25) is 0 Å². The van der Waals surface area contributed by atoms with Crippen molar-refractivity contribution in [2.45, 2.75) is 50.0 Å². The van der Waals surface area contributed by atoms with Gasteiger partial charge in [0.1, 0.15) is 18.5 Å². The molecule has 1 aliphatic heterocycles. The average molecular weight is 358 g/mol. The first-order valence-electron chi connectivity index (χ1n) is 8.79. The quantitative estimate of drug-likeness (QED) is 0.784. The van der Waals surface area contributed by atoms with E-state index in [9.17, 15) is 8.42 Å². The monoisotopic (exact) mass is 358 g/mol. The van der Waals surface area contributed by atoms with Crippen LogP contribution in [-0.2, 0) is 33.6 Å². The second-order valence-corrected chi connectivity index (χ2v) is 8.55. The van der Waals surface area contributed by atoms with Gasteiger partial charge >= 0.3 is 0 Å². The van der Waals surface area contributed by atoms with Crippen LogP contribution < -0.4 is 4.74 Å². The van der Waals surface area contributed by atoms with E-state index in [1.165, 1.54) is 29.5 Å². The van der Waals surface area contributed by atoms with E-state index >= 15 is 0 Å². The third kappa shape index (κ3) is 3.44. The highest BCUT2D eigenvalue weighted by Crippen LogP contribution is 2.35. The molecular weight excluding hydrogens is 336 g/mol. The summed E-state index contributed by atoms with van der Waals surface area (Å²) in [6, 6.07) is 11.0. The van der Waals surface area contributed by atoms with Gasteiger partial charge in [0.25, 0.3) is 10.1 Å². The molecule has 0 saturated heterocycles. The zero-order valence-electron chi connectivity index (χ0n) is 14.3. The maximum atomic E-state index is 12.3. The van der Waals surface area contributed by atoms with Gasteiger partial charge in [-0.3, -0.25) is 4.18 Å². The fourth-order valence-corrected chi connectivity index (χ4v) is 4.52. The van der Waals surface area contributed by atoms with Crippen LogP contribution in [0.1, 0.15) is 35.1 Å². The summed E-state index contributed by atoms with van der Waals surface area (Å²) in [5, 5.41) is 0. The van der Waals surface area contributed by atoms with Crippen LogP contribution in [0.25, 0.3) is 0 Å². The van der Waals surface area contributed by atoms with E-state index in [1.54, 1.807) is 24.3 Å². The summed E-state index contributed by atoms with van der Waals surface area (Å²) in [7, 11) is -3.75. The van der Waals surface area contributed by atoms with Gasteiger partial charge in [0, 0.05) is 6.42 Å². The van der Waals surface area contributed by atoms with Gasteiger partial charge in [-0.2, -0.15) is 8.42 Å². The predicted molar refractivity (Wildman–Crippen MR) is 95.5 cm³/mol. The Morgan fingerprint density at radius 3 is 2.44 bits per heavy atom. The van der Waals surface area contributed by atoms with Crippen LogP contribution in [0.15, 0.2) is 41.3 Å². The fraction of sp³-hybridized carbons (Fsp3) is 0.400. The molecular formula is C20H22O4S. The summed E-state index contributed by atoms with van der Waals surface area (Å²) >= 11 is 0. The van der Waals surface area contributed by atoms with Gasteiger partial charge in [-0.15, -0.1) is 0 Å². The Labute approximate surface area is 148 Å². The highest BCUT2D eigenvalue weighted by molar-refractivity contribution is 7.86. The molecule has 0 amide bonds. The van der Waals surface area contributed by atoms with E-state index in [4.69, 9.17) is 8.92 Å². The van der Waals surface area contributed by atoms with Gasteiger partial charge in [0.05, 0.1) is 4.90 Å². The molecule has 1 atom stereocenters. The summed E-state index contributed by atoms with van der Waals surface area (Å²) in [4.78, 5) is 0.184. The van der Waals surface area contributed by atoms with Crippen LogP contribution in [0, 0.1) is 6.92 Å². The molecule has 0 radical (unpaired) electrons. The largest absolute Gasteiger partial charge is 0.487 e. The second-order valence-electron chi connectivity index (χ2n) is 6.93. The van der Waals surface area contributed by atoms with E-state index in [-0.39, 0.29) is 17.6 Å². The molecule has 1 heterocycles. The minimum atomic E-state index is -3.75. The zero-order chi connectivity index (χ0) is 17.4. The van der Waals surface area contributed by atoms with Crippen molar-refractivity contribution in [2.24, 2.45) is 0 Å². The standard InChI is InChI=1S/C20H22O4S/c1-14-6-8-19(9-7-14)25(21,22)23-13-18-11-17-10-15-4-2-3-5-16(15)12-20(17)24-18/h6-10,12,18H,2-5,11,13H2,1H3. The molecule has 0 spiro atoms. The summed E-state index contributed by atoms with van der Waals surface area (Å²) in [6.07, 6.45) is 5.16. The van der Waals surface area contributed by atoms with E-state index in [1.807, 2.05) is 6.92 Å². The van der Waals surface area contributed by atoms with Crippen molar-refractivity contribution in [2.75, 3.05) is 6.61 Å². The van der Waals surface area contributed by atoms with Gasteiger partial charge in [-0.05, 0) is 67.5 Å². The third-order valence-electron chi connectivity index (χ3n) is 4.98. The Balaban J connectivity index is 1.43. The lowest BCUT2D eigenvalue weighted by atomic mass is 9.89. The molecule has 0 N–H and O–H groups in total. The molecule has 0 saturated carbocycles. The topological polar surface area (TPSA) is 52.6 Å². The lowest BCUT2D eigenvalue weighted by Crippen LogP contribution is -2.23. The van der Waals surface area contributed by atoms with Gasteiger partial charge < -0.3 is 4.74 Å². The molecule has 25 heavy (non-hydrogen) atoms. The Morgan fingerprint density at radius 1 is 1.04 bits per heavy atom. The van der Waals surface area contributed by atoms with Crippen molar-refractivity contribution in [1.82, 2.24) is 0 Å². The molecule has 1 unspecified atom stereocenters. The van der Waals surface area contributed by atoms with Crippen molar-refractivity contribution < 1.29 is 17.3 Å². The molecule has 0 aromatic heterocycles. The first kappa shape index (κ1) is 16.6. The number of hydrogen-bond donors (Lipinski definition) is 0. The predicted octanol–water partition coefficient (Wildman–Crippen LogP) is 3.58. The summed E-state index contributed by atoms with van der Waals surface area (Å²) in [5.41, 5.74) is 4.97. The Bertz CT molecular complexity index is 850. The molecule has 5 heteroatoms. The van der Waals surface area contributed by atoms with Crippen LogP contribution >= 0.6 is 0 Å². The highest BCUT2D eigenvalue weighted by Gasteiger charge is 2.27. The molecule has 0 bridgehead atoms. The minimum Gasteiger partial charge on any atom is -0.487 e. The number of hydrogen-bond acceptors (Lipinski definition) is 4. The summed E-state index contributed by atoms with van der Waals surface area (Å²) < 4.78 is 35.8. The van der Waals surface area contributed by atoms with Crippen molar-refractivity contribution in [3.63, 3.8) is 0 Å². The number of rotatable bonds is 4. The van der Waals surface area contributed by atoms with Gasteiger partial charge in [0.2, 0.25) is 0 Å². The normalized spacial score (nSPS) is 19.2. The molecule has 2 aromatic carbocycles. The highest BCUT2D eigenvalue weighted by atomic mass is 32.2. The Kier molecular flexibility index (Phi) is 4.29. The van der Waals surface area contributed by atoms with Crippen LogP contribution in [0.4, 0.5) is 0 Å². The molecule has 2 aliphatic rings. The number of benzene rings is 2. The van der Waals surface area contributed by atoms with Gasteiger partial charge in [-0.25, -0.2) is 0 Å². The van der Waals surface area contributed by atoms with Crippen molar-refractivity contribution in [3.05, 3.63) is 58.7 Å². The van der Waals surface area contributed by atoms with Gasteiger partial charge in [-0.1, -0.05) is 23.8 Å². The third-order valence-corrected chi connectivity index (χ3v) is 6.28. The molecule has 0 fully saturated rings. The molecule has 132 valence electrons. The van der Waals surface area contributed by atoms with Gasteiger partial charge in [0.15, 0.2) is 0 Å². The summed E-state index contributed by atoms with van der Waals surface area (Å²) in [6.45, 7) is 1.95. The Morgan fingerprint density at radius 2 is 1.72 bits per heavy atom. The van der Waals surface area contributed by atoms with Crippen molar-refractivity contribution in [1.29, 1.82) is 0 Å². The van der Waals surface area contributed by atoms with Crippen molar-refractivity contribution in [3.8, 4) is 5.75 Å². The van der Waals surface area contributed by atoms with Crippen molar-refractivity contribution >= 4 is 10.1 Å². The second kappa shape index (κ2) is 6.46. The molecule has 1 aliphatic carbocycles. The number of aryl methyl sites for hydroxylation is 3. The number of ether oxygens (including phenoxy) is 1. The van der Waals surface area contributed by atoms with Crippen LogP contribution in [0.5, 0.6) is 5.75 Å². The summed E-state index contributed by atoms with van der Waals surface area (Å²) in [5.74, 6) is 0.891. The number of fused-ring (bicyclic) bond motifs is 2. The maximum absolute atomic E-state index is 12.3. The minimum absolute atomic E-state index is 0.0373. The lowest BCUT2D eigenvalue weighted by Gasteiger charge is -2.16. The molecule has 4 rings (SSSR count). The fourth-order valence-electron chi connectivity index (χ4n) is 3.58. The lowest BCUT2D eigenvalue weighted by molar-refractivity contribution is 0.152. The van der Waals surface area contributed by atoms with E-state index in [0.29, 0.717) is 6.42 Å². The van der Waals surface area contributed by atoms with Crippen LogP contribution in [-0.4, -0.2) is 21.1 Å². The smallest absolute Gasteiger partial charge is 0.297 e. The van der Waals surface area contributed by atoms with E-state index in [2.05, 4.69) is 12.1 Å². The van der Waals surface area contributed by atoms with E-state index < -0.39 is 10.1 Å². The average Bonchev–Trinajstić information content (AvgIpc) is 3.00.